The molecule has 0 aliphatic rings. The average Bonchev–Trinajstić information content (AvgIpc) is 2.86. The summed E-state index contributed by atoms with van der Waals surface area (Å²) in [6.45, 7) is 2.62. The normalized spacial score (nSPS) is 11.7. The van der Waals surface area contributed by atoms with Crippen LogP contribution in [0.2, 0.25) is 0 Å². The van der Waals surface area contributed by atoms with Crippen molar-refractivity contribution in [3.05, 3.63) is 11.1 Å². The number of carbonyl (C=O) groups excluding carboxylic acids is 2. The molecule has 0 radical (unpaired) electrons. The van der Waals surface area contributed by atoms with Crippen molar-refractivity contribution in [3.63, 3.8) is 0 Å². The highest BCUT2D eigenvalue weighted by Gasteiger charge is 2.15. The van der Waals surface area contributed by atoms with E-state index in [2.05, 4.69) is 20.4 Å². The van der Waals surface area contributed by atoms with Gasteiger partial charge >= 0.3 is 5.97 Å². The molecule has 0 aliphatic carbocycles. The van der Waals surface area contributed by atoms with Gasteiger partial charge in [-0.1, -0.05) is 11.3 Å². The molecular weight excluding hydrogens is 270 g/mol. The van der Waals surface area contributed by atoms with E-state index in [1.807, 2.05) is 0 Å². The number of ether oxygens (including phenoxy) is 2. The lowest BCUT2D eigenvalue weighted by atomic mass is 10.3. The van der Waals surface area contributed by atoms with Crippen LogP contribution in [0.15, 0.2) is 6.20 Å². The van der Waals surface area contributed by atoms with Crippen molar-refractivity contribution in [1.82, 2.24) is 10.3 Å². The summed E-state index contributed by atoms with van der Waals surface area (Å²) < 4.78 is 9.41. The summed E-state index contributed by atoms with van der Waals surface area (Å²) in [6.07, 6.45) is 1.41. The Labute approximate surface area is 115 Å². The summed E-state index contributed by atoms with van der Waals surface area (Å²) >= 11 is 1.14. The molecular formula is C11H17N3O4S. The van der Waals surface area contributed by atoms with E-state index in [1.165, 1.54) is 13.3 Å². The van der Waals surface area contributed by atoms with E-state index in [0.29, 0.717) is 23.2 Å². The Morgan fingerprint density at radius 2 is 2.21 bits per heavy atom. The number of thiazole rings is 1. The second kappa shape index (κ2) is 7.70. The molecule has 0 saturated heterocycles. The molecule has 1 amide bonds. The fourth-order valence-electron chi connectivity index (χ4n) is 1.22. The van der Waals surface area contributed by atoms with Crippen molar-refractivity contribution in [2.75, 3.05) is 32.7 Å². The molecule has 1 heterocycles. The number of esters is 1. The molecule has 19 heavy (non-hydrogen) atoms. The smallest absolute Gasteiger partial charge is 0.349 e. The summed E-state index contributed by atoms with van der Waals surface area (Å²) in [7, 11) is 2.87. The Hall–Kier alpha value is -1.67. The van der Waals surface area contributed by atoms with Crippen molar-refractivity contribution < 1.29 is 19.1 Å². The van der Waals surface area contributed by atoms with E-state index in [1.54, 1.807) is 14.0 Å². The minimum Gasteiger partial charge on any atom is -0.465 e. The lowest BCUT2D eigenvalue weighted by Crippen LogP contribution is -2.38. The Bertz CT molecular complexity index is 435. The summed E-state index contributed by atoms with van der Waals surface area (Å²) in [5, 5.41) is 6.11. The molecule has 0 aliphatic heterocycles. The van der Waals surface area contributed by atoms with Crippen molar-refractivity contribution in [1.29, 1.82) is 0 Å². The Balaban J connectivity index is 2.47. The number of aromatic nitrogens is 1. The van der Waals surface area contributed by atoms with Gasteiger partial charge in [-0.25, -0.2) is 9.78 Å². The van der Waals surface area contributed by atoms with E-state index >= 15 is 0 Å². The zero-order valence-electron chi connectivity index (χ0n) is 11.1. The first-order valence-electron chi connectivity index (χ1n) is 5.65. The Morgan fingerprint density at radius 1 is 1.47 bits per heavy atom. The van der Waals surface area contributed by atoms with Gasteiger partial charge in [0.15, 0.2) is 5.13 Å². The fourth-order valence-corrected chi connectivity index (χ4v) is 2.04. The summed E-state index contributed by atoms with van der Waals surface area (Å²) in [5.74, 6) is -0.602. The molecule has 1 rings (SSSR count). The highest BCUT2D eigenvalue weighted by molar-refractivity contribution is 7.17. The monoisotopic (exact) mass is 287 g/mol. The van der Waals surface area contributed by atoms with Gasteiger partial charge < -0.3 is 20.1 Å². The van der Waals surface area contributed by atoms with Crippen LogP contribution in [-0.2, 0) is 14.3 Å². The molecule has 1 unspecified atom stereocenters. The van der Waals surface area contributed by atoms with Crippen LogP contribution in [0.4, 0.5) is 5.13 Å². The van der Waals surface area contributed by atoms with Gasteiger partial charge in [0.2, 0.25) is 5.91 Å². The number of hydrogen-bond acceptors (Lipinski definition) is 7. The van der Waals surface area contributed by atoms with Gasteiger partial charge in [0.1, 0.15) is 10.9 Å². The molecule has 0 aromatic carbocycles. The van der Waals surface area contributed by atoms with Crippen molar-refractivity contribution in [3.8, 4) is 0 Å². The van der Waals surface area contributed by atoms with Crippen molar-refractivity contribution in [2.24, 2.45) is 0 Å². The topological polar surface area (TPSA) is 89.5 Å². The van der Waals surface area contributed by atoms with Crippen LogP contribution in [0.1, 0.15) is 16.6 Å². The predicted octanol–water partition coefficient (Wildman–Crippen LogP) is 0.493. The maximum Gasteiger partial charge on any atom is 0.349 e. The van der Waals surface area contributed by atoms with Gasteiger partial charge in [0.25, 0.3) is 0 Å². The summed E-state index contributed by atoms with van der Waals surface area (Å²) in [5.41, 5.74) is 0. The zero-order chi connectivity index (χ0) is 14.3. The molecule has 7 nitrogen and oxygen atoms in total. The number of carbonyl (C=O) groups is 2. The molecule has 106 valence electrons. The second-order valence-electron chi connectivity index (χ2n) is 3.67. The number of nitrogens with one attached hydrogen (secondary N) is 2. The summed E-state index contributed by atoms with van der Waals surface area (Å²) in [6, 6.07) is -0.450. The van der Waals surface area contributed by atoms with Gasteiger partial charge in [-0.05, 0) is 6.92 Å². The van der Waals surface area contributed by atoms with E-state index in [-0.39, 0.29) is 5.91 Å². The van der Waals surface area contributed by atoms with Crippen LogP contribution >= 0.6 is 11.3 Å². The number of nitrogens with zero attached hydrogens (tertiary/aromatic N) is 1. The lowest BCUT2D eigenvalue weighted by Gasteiger charge is -2.12. The number of hydrogen-bond donors (Lipinski definition) is 2. The van der Waals surface area contributed by atoms with Crippen LogP contribution in [-0.4, -0.2) is 50.3 Å². The standard InChI is InChI=1S/C11H17N3O4S/c1-7(9(15)12-4-5-17-2)14-11-13-6-8(19-11)10(16)18-3/h6-7H,4-5H2,1-3H3,(H,12,15)(H,13,14). The Morgan fingerprint density at radius 3 is 2.84 bits per heavy atom. The third-order valence-electron chi connectivity index (χ3n) is 2.23. The number of rotatable bonds is 7. The first kappa shape index (κ1) is 15.4. The van der Waals surface area contributed by atoms with Crippen LogP contribution in [0.25, 0.3) is 0 Å². The van der Waals surface area contributed by atoms with Crippen LogP contribution in [0, 0.1) is 0 Å². The fraction of sp³-hybridized carbons (Fsp3) is 0.545. The number of methoxy groups -OCH3 is 2. The van der Waals surface area contributed by atoms with Gasteiger partial charge in [-0.15, -0.1) is 0 Å². The van der Waals surface area contributed by atoms with Gasteiger partial charge in [0.05, 0.1) is 19.9 Å². The molecule has 1 atom stereocenters. The lowest BCUT2D eigenvalue weighted by molar-refractivity contribution is -0.121. The zero-order valence-corrected chi connectivity index (χ0v) is 11.9. The van der Waals surface area contributed by atoms with Gasteiger partial charge in [-0.3, -0.25) is 4.79 Å². The quantitative estimate of drug-likeness (QED) is 0.560. The van der Waals surface area contributed by atoms with Crippen molar-refractivity contribution >= 4 is 28.3 Å². The average molecular weight is 287 g/mol. The third-order valence-corrected chi connectivity index (χ3v) is 3.14. The molecule has 1 aromatic heterocycles. The molecule has 0 spiro atoms. The number of anilines is 1. The van der Waals surface area contributed by atoms with E-state index in [0.717, 1.165) is 11.3 Å². The van der Waals surface area contributed by atoms with Gasteiger partial charge in [-0.2, -0.15) is 0 Å². The predicted molar refractivity (Wildman–Crippen MR) is 71.4 cm³/mol. The summed E-state index contributed by atoms with van der Waals surface area (Å²) in [4.78, 5) is 27.3. The third kappa shape index (κ3) is 4.84. The van der Waals surface area contributed by atoms with Crippen LogP contribution < -0.4 is 10.6 Å². The maximum absolute atomic E-state index is 11.7. The minimum atomic E-state index is -0.450. The highest BCUT2D eigenvalue weighted by Crippen LogP contribution is 2.19. The molecule has 0 fully saturated rings. The first-order chi connectivity index (χ1) is 9.08. The Kier molecular flexibility index (Phi) is 6.23. The molecule has 1 aromatic rings. The molecule has 2 N–H and O–H groups in total. The van der Waals surface area contributed by atoms with E-state index < -0.39 is 12.0 Å². The van der Waals surface area contributed by atoms with Crippen molar-refractivity contribution in [2.45, 2.75) is 13.0 Å². The van der Waals surface area contributed by atoms with Crippen LogP contribution in [0.5, 0.6) is 0 Å². The minimum absolute atomic E-state index is 0.160. The van der Waals surface area contributed by atoms with Gasteiger partial charge in [0, 0.05) is 13.7 Å². The highest BCUT2D eigenvalue weighted by atomic mass is 32.1. The van der Waals surface area contributed by atoms with E-state index in [4.69, 9.17) is 4.74 Å². The number of amides is 1. The van der Waals surface area contributed by atoms with E-state index in [9.17, 15) is 9.59 Å². The molecule has 0 saturated carbocycles. The largest absolute Gasteiger partial charge is 0.465 e. The first-order valence-corrected chi connectivity index (χ1v) is 6.47. The second-order valence-corrected chi connectivity index (χ2v) is 4.70. The maximum atomic E-state index is 11.7. The molecule has 8 heteroatoms. The van der Waals surface area contributed by atoms with Crippen LogP contribution in [0.3, 0.4) is 0 Å². The molecule has 0 bridgehead atoms. The SMILES string of the molecule is COCCNC(=O)C(C)Nc1ncc(C(=O)OC)s1.